The smallest absolute Gasteiger partial charge is 0.264 e. The number of ether oxygens (including phenoxy) is 1. The summed E-state index contributed by atoms with van der Waals surface area (Å²) in [6, 6.07) is 19.4. The molecule has 0 aliphatic heterocycles. The molecule has 0 saturated heterocycles. The van der Waals surface area contributed by atoms with Gasteiger partial charge in [-0.15, -0.1) is 11.8 Å². The van der Waals surface area contributed by atoms with E-state index in [1.54, 1.807) is 67.6 Å². The van der Waals surface area contributed by atoms with Gasteiger partial charge in [-0.05, 0) is 74.0 Å². The molecule has 3 aromatic rings. The van der Waals surface area contributed by atoms with Crippen LogP contribution in [0.1, 0.15) is 39.2 Å². The summed E-state index contributed by atoms with van der Waals surface area (Å²) in [5, 5.41) is 3.32. The van der Waals surface area contributed by atoms with Gasteiger partial charge in [0, 0.05) is 23.0 Å². The molecule has 0 heterocycles. The molecule has 0 unspecified atom stereocenters. The lowest BCUT2D eigenvalue weighted by Crippen LogP contribution is -2.52. The van der Waals surface area contributed by atoms with Gasteiger partial charge in [0.2, 0.25) is 11.8 Å². The van der Waals surface area contributed by atoms with Crippen LogP contribution in [0.2, 0.25) is 5.02 Å². The van der Waals surface area contributed by atoms with Crippen molar-refractivity contribution < 1.29 is 22.7 Å². The monoisotopic (exact) mass is 631 g/mol. The summed E-state index contributed by atoms with van der Waals surface area (Å²) >= 11 is 7.95. The van der Waals surface area contributed by atoms with Crippen molar-refractivity contribution in [3.8, 4) is 5.75 Å². The molecule has 0 saturated carbocycles. The van der Waals surface area contributed by atoms with Crippen LogP contribution in [0.25, 0.3) is 0 Å². The van der Waals surface area contributed by atoms with E-state index >= 15 is 0 Å². The lowest BCUT2D eigenvalue weighted by atomic mass is 10.1. The molecule has 0 spiro atoms. The highest BCUT2D eigenvalue weighted by Gasteiger charge is 2.35. The van der Waals surface area contributed by atoms with Gasteiger partial charge in [0.15, 0.2) is 0 Å². The number of carbonyl (C=O) groups excluding carboxylic acids is 2. The molecule has 1 N–H and O–H groups in total. The third-order valence-electron chi connectivity index (χ3n) is 6.59. The fraction of sp³-hybridized carbons (Fsp3) is 0.355. The molecule has 3 rings (SSSR count). The SMILES string of the molecule is CCCNC(=O)[C@H](CC)N(Cc1ccccc1Cl)C(=O)CN(c1ccccc1OCC)S(=O)(=O)c1ccc(SC)cc1. The maximum atomic E-state index is 14.2. The first-order valence-electron chi connectivity index (χ1n) is 13.9. The van der Waals surface area contributed by atoms with Gasteiger partial charge in [0.25, 0.3) is 10.0 Å². The quantitative estimate of drug-likeness (QED) is 0.207. The molecule has 2 amide bonds. The van der Waals surface area contributed by atoms with Gasteiger partial charge in [0.05, 0.1) is 17.2 Å². The zero-order chi connectivity index (χ0) is 30.7. The van der Waals surface area contributed by atoms with E-state index in [0.717, 1.165) is 15.6 Å². The molecule has 0 radical (unpaired) electrons. The van der Waals surface area contributed by atoms with Crippen LogP contribution in [-0.2, 0) is 26.2 Å². The number of sulfonamides is 1. The first-order valence-corrected chi connectivity index (χ1v) is 16.9. The van der Waals surface area contributed by atoms with Crippen LogP contribution in [0.5, 0.6) is 5.75 Å². The predicted molar refractivity (Wildman–Crippen MR) is 170 cm³/mol. The number of nitrogens with zero attached hydrogens (tertiary/aromatic N) is 2. The Bertz CT molecular complexity index is 1450. The third-order valence-corrected chi connectivity index (χ3v) is 9.48. The number of para-hydroxylation sites is 2. The lowest BCUT2D eigenvalue weighted by molar-refractivity contribution is -0.140. The van der Waals surface area contributed by atoms with Gasteiger partial charge in [-0.1, -0.05) is 55.8 Å². The topological polar surface area (TPSA) is 96.0 Å². The van der Waals surface area contributed by atoms with Crippen molar-refractivity contribution in [3.05, 3.63) is 83.4 Å². The Morgan fingerprint density at radius 3 is 2.26 bits per heavy atom. The van der Waals surface area contributed by atoms with Crippen molar-refractivity contribution in [2.75, 3.05) is 30.3 Å². The molecule has 0 aliphatic carbocycles. The number of thioether (sulfide) groups is 1. The van der Waals surface area contributed by atoms with Crippen molar-refractivity contribution in [1.29, 1.82) is 0 Å². The molecule has 0 bridgehead atoms. The van der Waals surface area contributed by atoms with Gasteiger partial charge in [0.1, 0.15) is 18.3 Å². The molecular weight excluding hydrogens is 594 g/mol. The van der Waals surface area contributed by atoms with E-state index in [4.69, 9.17) is 16.3 Å². The van der Waals surface area contributed by atoms with E-state index in [1.807, 2.05) is 20.1 Å². The number of hydrogen-bond donors (Lipinski definition) is 1. The molecule has 226 valence electrons. The number of benzene rings is 3. The van der Waals surface area contributed by atoms with E-state index < -0.39 is 28.5 Å². The normalized spacial score (nSPS) is 11.9. The Morgan fingerprint density at radius 2 is 1.64 bits per heavy atom. The number of amides is 2. The highest BCUT2D eigenvalue weighted by atomic mass is 35.5. The van der Waals surface area contributed by atoms with Crippen molar-refractivity contribution in [3.63, 3.8) is 0 Å². The standard InChI is InChI=1S/C31H38ClN3O5S2/c1-5-20-33-31(37)27(6-2)34(21-23-12-8-9-13-26(23)32)30(36)22-35(28-14-10-11-15-29(28)40-7-3)42(38,39)25-18-16-24(41-4)17-19-25/h8-19,27H,5-7,20-22H2,1-4H3,(H,33,37)/t27-/m0/s1. The summed E-state index contributed by atoms with van der Waals surface area (Å²) in [7, 11) is -4.23. The number of nitrogens with one attached hydrogen (secondary N) is 1. The van der Waals surface area contributed by atoms with Crippen LogP contribution in [-0.4, -0.2) is 57.1 Å². The second-order valence-corrected chi connectivity index (χ2v) is 12.6. The Hall–Kier alpha value is -3.21. The van der Waals surface area contributed by atoms with E-state index in [-0.39, 0.29) is 23.0 Å². The summed E-state index contributed by atoms with van der Waals surface area (Å²) in [6.07, 6.45) is 2.96. The zero-order valence-electron chi connectivity index (χ0n) is 24.4. The number of anilines is 1. The molecule has 0 aromatic heterocycles. The maximum absolute atomic E-state index is 14.2. The number of hydrogen-bond acceptors (Lipinski definition) is 6. The minimum Gasteiger partial charge on any atom is -0.492 e. The first kappa shape index (κ1) is 33.3. The summed E-state index contributed by atoms with van der Waals surface area (Å²) in [5.74, 6) is -0.539. The zero-order valence-corrected chi connectivity index (χ0v) is 26.8. The predicted octanol–water partition coefficient (Wildman–Crippen LogP) is 5.99. The minimum absolute atomic E-state index is 0.0278. The second-order valence-electron chi connectivity index (χ2n) is 9.42. The van der Waals surface area contributed by atoms with Crippen LogP contribution in [0.3, 0.4) is 0 Å². The molecule has 8 nitrogen and oxygen atoms in total. The fourth-order valence-corrected chi connectivity index (χ4v) is 6.45. The highest BCUT2D eigenvalue weighted by Crippen LogP contribution is 2.33. The van der Waals surface area contributed by atoms with Gasteiger partial charge >= 0.3 is 0 Å². The van der Waals surface area contributed by atoms with Crippen LogP contribution >= 0.6 is 23.4 Å². The third kappa shape index (κ3) is 8.20. The van der Waals surface area contributed by atoms with Gasteiger partial charge in [-0.3, -0.25) is 13.9 Å². The molecule has 42 heavy (non-hydrogen) atoms. The largest absolute Gasteiger partial charge is 0.492 e. The fourth-order valence-electron chi connectivity index (χ4n) is 4.42. The second kappa shape index (κ2) is 15.9. The van der Waals surface area contributed by atoms with Crippen LogP contribution < -0.4 is 14.4 Å². The number of carbonyl (C=O) groups is 2. The maximum Gasteiger partial charge on any atom is 0.264 e. The Balaban J connectivity index is 2.12. The Kier molecular flexibility index (Phi) is 12.6. The van der Waals surface area contributed by atoms with E-state index in [2.05, 4.69) is 5.32 Å². The Labute approximate surface area is 258 Å². The Morgan fingerprint density at radius 1 is 0.976 bits per heavy atom. The van der Waals surface area contributed by atoms with Crippen LogP contribution in [0.15, 0.2) is 82.6 Å². The molecule has 0 fully saturated rings. The van der Waals surface area contributed by atoms with Crippen LogP contribution in [0, 0.1) is 0 Å². The number of halogens is 1. The van der Waals surface area contributed by atoms with Crippen molar-refractivity contribution in [1.82, 2.24) is 10.2 Å². The molecule has 3 aromatic carbocycles. The van der Waals surface area contributed by atoms with Gasteiger partial charge < -0.3 is 15.0 Å². The summed E-state index contributed by atoms with van der Waals surface area (Å²) in [5.41, 5.74) is 0.869. The van der Waals surface area contributed by atoms with E-state index in [9.17, 15) is 18.0 Å². The van der Waals surface area contributed by atoms with Crippen LogP contribution in [0.4, 0.5) is 5.69 Å². The summed E-state index contributed by atoms with van der Waals surface area (Å²) < 4.78 is 35.2. The van der Waals surface area contributed by atoms with Crippen molar-refractivity contribution >= 4 is 50.9 Å². The first-order chi connectivity index (χ1) is 20.2. The molecule has 1 atom stereocenters. The average Bonchev–Trinajstić information content (AvgIpc) is 3.00. The summed E-state index contributed by atoms with van der Waals surface area (Å²) in [6.45, 7) is 5.79. The average molecular weight is 632 g/mol. The molecular formula is C31H38ClN3O5S2. The lowest BCUT2D eigenvalue weighted by Gasteiger charge is -2.33. The van der Waals surface area contributed by atoms with Crippen molar-refractivity contribution in [2.24, 2.45) is 0 Å². The minimum atomic E-state index is -4.23. The van der Waals surface area contributed by atoms with Gasteiger partial charge in [-0.25, -0.2) is 8.42 Å². The number of rotatable bonds is 15. The van der Waals surface area contributed by atoms with Crippen molar-refractivity contribution in [2.45, 2.75) is 56.0 Å². The molecule has 11 heteroatoms. The van der Waals surface area contributed by atoms with E-state index in [0.29, 0.717) is 35.9 Å². The van der Waals surface area contributed by atoms with Gasteiger partial charge in [-0.2, -0.15) is 0 Å². The highest BCUT2D eigenvalue weighted by molar-refractivity contribution is 7.98. The summed E-state index contributed by atoms with van der Waals surface area (Å²) in [4.78, 5) is 29.8. The molecule has 0 aliphatic rings. The van der Waals surface area contributed by atoms with E-state index in [1.165, 1.54) is 28.8 Å².